The van der Waals surface area contributed by atoms with Crippen LogP contribution in [0.5, 0.6) is 11.5 Å². The summed E-state index contributed by atoms with van der Waals surface area (Å²) in [5.74, 6) is -0.919. The third-order valence-electron chi connectivity index (χ3n) is 2.84. The Morgan fingerprint density at radius 2 is 1.77 bits per heavy atom. The Kier molecular flexibility index (Phi) is 7.41. The van der Waals surface area contributed by atoms with Crippen LogP contribution in [0.4, 0.5) is 0 Å². The largest absolute Gasteiger partial charge is 0.508 e. The zero-order chi connectivity index (χ0) is 16.4. The van der Waals surface area contributed by atoms with Crippen molar-refractivity contribution in [1.29, 1.82) is 0 Å². The number of phenolic OH excluding ortho intramolecular Hbond substituents is 2. The van der Waals surface area contributed by atoms with E-state index in [1.165, 1.54) is 24.4 Å². The average Bonchev–Trinajstić information content (AvgIpc) is 2.48. The van der Waals surface area contributed by atoms with Crippen LogP contribution in [0.15, 0.2) is 23.3 Å². The number of phenols is 2. The molecule has 0 aliphatic heterocycles. The maximum Gasteiger partial charge on any atom is 0.243 e. The minimum atomic E-state index is -0.442. The van der Waals surface area contributed by atoms with Gasteiger partial charge in [0.1, 0.15) is 11.5 Å². The van der Waals surface area contributed by atoms with Gasteiger partial charge in [-0.25, -0.2) is 10.9 Å². The lowest BCUT2D eigenvalue weighted by molar-refractivity contribution is -0.129. The number of carbonyl (C=O) groups excluding carboxylic acids is 2. The van der Waals surface area contributed by atoms with E-state index in [2.05, 4.69) is 10.5 Å². The van der Waals surface area contributed by atoms with Gasteiger partial charge in [0.25, 0.3) is 0 Å². The van der Waals surface area contributed by atoms with Crippen molar-refractivity contribution in [3.63, 3.8) is 0 Å². The number of hydroxylamine groups is 1. The maximum atomic E-state index is 11.5. The molecule has 2 amide bonds. The van der Waals surface area contributed by atoms with Crippen LogP contribution >= 0.6 is 0 Å². The van der Waals surface area contributed by atoms with Gasteiger partial charge in [-0.3, -0.25) is 14.8 Å². The molecule has 0 aliphatic carbocycles. The Bertz CT molecular complexity index is 545. The molecule has 0 spiro atoms. The van der Waals surface area contributed by atoms with Crippen molar-refractivity contribution in [1.82, 2.24) is 10.9 Å². The molecule has 0 bridgehead atoms. The highest BCUT2D eigenvalue weighted by Gasteiger charge is 2.02. The molecule has 5 N–H and O–H groups in total. The van der Waals surface area contributed by atoms with E-state index in [9.17, 15) is 14.7 Å². The number of aromatic hydroxyl groups is 2. The van der Waals surface area contributed by atoms with Gasteiger partial charge in [0, 0.05) is 24.5 Å². The molecule has 120 valence electrons. The Morgan fingerprint density at radius 3 is 2.41 bits per heavy atom. The summed E-state index contributed by atoms with van der Waals surface area (Å²) in [4.78, 5) is 22.2. The summed E-state index contributed by atoms with van der Waals surface area (Å²) in [6.45, 7) is 0. The lowest BCUT2D eigenvalue weighted by atomic mass is 10.1. The summed E-state index contributed by atoms with van der Waals surface area (Å²) >= 11 is 0. The molecule has 0 unspecified atom stereocenters. The van der Waals surface area contributed by atoms with Gasteiger partial charge >= 0.3 is 0 Å². The van der Waals surface area contributed by atoms with Gasteiger partial charge in [-0.15, -0.1) is 0 Å². The second-order valence-electron chi connectivity index (χ2n) is 4.63. The van der Waals surface area contributed by atoms with Crippen molar-refractivity contribution in [2.24, 2.45) is 5.10 Å². The first kappa shape index (κ1) is 17.4. The van der Waals surface area contributed by atoms with Crippen molar-refractivity contribution < 1.29 is 25.0 Å². The quantitative estimate of drug-likeness (QED) is 0.212. The first-order chi connectivity index (χ1) is 10.5. The maximum absolute atomic E-state index is 11.5. The molecule has 1 aromatic carbocycles. The minimum absolute atomic E-state index is 0.0615. The van der Waals surface area contributed by atoms with Crippen molar-refractivity contribution in [2.45, 2.75) is 32.1 Å². The monoisotopic (exact) mass is 309 g/mol. The van der Waals surface area contributed by atoms with Crippen LogP contribution in [0, 0.1) is 0 Å². The number of unbranched alkanes of at least 4 members (excludes halogenated alkanes) is 2. The Hall–Kier alpha value is -2.61. The summed E-state index contributed by atoms with van der Waals surface area (Å²) < 4.78 is 0. The van der Waals surface area contributed by atoms with Crippen molar-refractivity contribution in [2.75, 3.05) is 0 Å². The number of hydrogen-bond acceptors (Lipinski definition) is 6. The number of amides is 2. The lowest BCUT2D eigenvalue weighted by Crippen LogP contribution is -2.18. The number of benzene rings is 1. The molecule has 0 heterocycles. The fourth-order valence-corrected chi connectivity index (χ4v) is 1.67. The molecule has 22 heavy (non-hydrogen) atoms. The molecule has 8 nitrogen and oxygen atoms in total. The third-order valence-corrected chi connectivity index (χ3v) is 2.84. The number of rotatable bonds is 8. The lowest BCUT2D eigenvalue weighted by Gasteiger charge is -2.01. The molecule has 0 radical (unpaired) electrons. The van der Waals surface area contributed by atoms with Crippen LogP contribution in [-0.4, -0.2) is 33.4 Å². The van der Waals surface area contributed by atoms with Gasteiger partial charge < -0.3 is 10.2 Å². The van der Waals surface area contributed by atoms with E-state index < -0.39 is 5.91 Å². The first-order valence-electron chi connectivity index (χ1n) is 6.79. The van der Waals surface area contributed by atoms with E-state index in [-0.39, 0.29) is 30.2 Å². The van der Waals surface area contributed by atoms with Crippen LogP contribution in [-0.2, 0) is 9.59 Å². The zero-order valence-corrected chi connectivity index (χ0v) is 12.0. The number of hydrogen-bond donors (Lipinski definition) is 5. The predicted octanol–water partition coefficient (Wildman–Crippen LogP) is 1.00. The number of nitrogens with one attached hydrogen (secondary N) is 2. The molecular weight excluding hydrogens is 290 g/mol. The minimum Gasteiger partial charge on any atom is -0.508 e. The van der Waals surface area contributed by atoms with E-state index in [0.29, 0.717) is 24.8 Å². The number of hydrazone groups is 1. The second-order valence-corrected chi connectivity index (χ2v) is 4.63. The fourth-order valence-electron chi connectivity index (χ4n) is 1.67. The predicted molar refractivity (Wildman–Crippen MR) is 78.5 cm³/mol. The van der Waals surface area contributed by atoms with E-state index >= 15 is 0 Å². The molecular formula is C14H19N3O5. The second kappa shape index (κ2) is 9.35. The molecule has 0 aliphatic rings. The van der Waals surface area contributed by atoms with E-state index in [0.717, 1.165) is 0 Å². The SMILES string of the molecule is O=C(CCCCCC(=O)N/N=C/c1ccc(O)cc1O)NO. The van der Waals surface area contributed by atoms with E-state index in [4.69, 9.17) is 10.3 Å². The highest BCUT2D eigenvalue weighted by molar-refractivity contribution is 5.85. The van der Waals surface area contributed by atoms with Gasteiger partial charge in [0.05, 0.1) is 6.21 Å². The van der Waals surface area contributed by atoms with Crippen LogP contribution < -0.4 is 10.9 Å². The molecule has 1 aromatic rings. The van der Waals surface area contributed by atoms with Gasteiger partial charge in [-0.05, 0) is 25.0 Å². The molecule has 0 atom stereocenters. The summed E-state index contributed by atoms with van der Waals surface area (Å²) in [5.41, 5.74) is 4.23. The molecule has 1 rings (SSSR count). The highest BCUT2D eigenvalue weighted by Crippen LogP contribution is 2.20. The number of carbonyl (C=O) groups is 2. The van der Waals surface area contributed by atoms with Crippen LogP contribution in [0.25, 0.3) is 0 Å². The van der Waals surface area contributed by atoms with Gasteiger partial charge in [-0.2, -0.15) is 5.10 Å². The smallest absolute Gasteiger partial charge is 0.243 e. The summed E-state index contributed by atoms with van der Waals surface area (Å²) in [7, 11) is 0. The molecule has 0 saturated carbocycles. The van der Waals surface area contributed by atoms with Crippen LogP contribution in [0.3, 0.4) is 0 Å². The van der Waals surface area contributed by atoms with Gasteiger partial charge in [-0.1, -0.05) is 6.42 Å². The number of nitrogens with zero attached hydrogens (tertiary/aromatic N) is 1. The standard InChI is InChI=1S/C14H19N3O5/c18-11-7-6-10(12(19)8-11)9-15-16-13(20)4-2-1-3-5-14(21)17-22/h6-9,18-19,22H,1-5H2,(H,16,20)(H,17,21)/b15-9+. The first-order valence-corrected chi connectivity index (χ1v) is 6.79. The van der Waals surface area contributed by atoms with Gasteiger partial charge in [0.15, 0.2) is 0 Å². The van der Waals surface area contributed by atoms with E-state index in [1.807, 2.05) is 0 Å². The van der Waals surface area contributed by atoms with Crippen LogP contribution in [0.2, 0.25) is 0 Å². The Morgan fingerprint density at radius 1 is 1.09 bits per heavy atom. The molecule has 0 saturated heterocycles. The van der Waals surface area contributed by atoms with Crippen molar-refractivity contribution in [3.05, 3.63) is 23.8 Å². The van der Waals surface area contributed by atoms with E-state index in [1.54, 1.807) is 5.48 Å². The topological polar surface area (TPSA) is 131 Å². The Balaban J connectivity index is 2.22. The Labute approximate surface area is 127 Å². The summed E-state index contributed by atoms with van der Waals surface area (Å²) in [6.07, 6.45) is 3.63. The van der Waals surface area contributed by atoms with Crippen molar-refractivity contribution in [3.8, 4) is 11.5 Å². The van der Waals surface area contributed by atoms with Crippen molar-refractivity contribution >= 4 is 18.0 Å². The molecule has 0 fully saturated rings. The third kappa shape index (κ3) is 6.71. The summed E-state index contributed by atoms with van der Waals surface area (Å²) in [6, 6.07) is 4.03. The zero-order valence-electron chi connectivity index (χ0n) is 12.0. The van der Waals surface area contributed by atoms with Gasteiger partial charge in [0.2, 0.25) is 11.8 Å². The average molecular weight is 309 g/mol. The summed E-state index contributed by atoms with van der Waals surface area (Å²) in [5, 5.41) is 30.6. The normalized spacial score (nSPS) is 10.6. The molecule has 0 aromatic heterocycles. The highest BCUT2D eigenvalue weighted by atomic mass is 16.5. The van der Waals surface area contributed by atoms with Crippen LogP contribution in [0.1, 0.15) is 37.7 Å². The fraction of sp³-hybridized carbons (Fsp3) is 0.357. The molecule has 8 heteroatoms.